The third-order valence-electron chi connectivity index (χ3n) is 3.27. The molecule has 0 bridgehead atoms. The second kappa shape index (κ2) is 7.92. The Hall–Kier alpha value is -0.390. The minimum atomic E-state index is 0.0500. The lowest BCUT2D eigenvalue weighted by molar-refractivity contribution is 0.288. The van der Waals surface area contributed by atoms with Crippen molar-refractivity contribution in [2.75, 3.05) is 19.6 Å². The van der Waals surface area contributed by atoms with Crippen molar-refractivity contribution >= 4 is 15.9 Å². The molecule has 0 aliphatic rings. The van der Waals surface area contributed by atoms with Crippen LogP contribution in [-0.4, -0.2) is 34.3 Å². The lowest BCUT2D eigenvalue weighted by Crippen LogP contribution is -2.28. The number of aromatic nitrogens is 2. The van der Waals surface area contributed by atoms with Crippen LogP contribution in [0.5, 0.6) is 0 Å². The summed E-state index contributed by atoms with van der Waals surface area (Å²) in [7, 11) is 0. The second-order valence-electron chi connectivity index (χ2n) is 4.52. The second-order valence-corrected chi connectivity index (χ2v) is 5.38. The van der Waals surface area contributed by atoms with Gasteiger partial charge in [0.05, 0.1) is 16.4 Å². The van der Waals surface area contributed by atoms with E-state index in [9.17, 15) is 0 Å². The molecule has 2 N–H and O–H groups in total. The molecule has 18 heavy (non-hydrogen) atoms. The quantitative estimate of drug-likeness (QED) is 0.802. The van der Waals surface area contributed by atoms with Crippen molar-refractivity contribution in [3.05, 3.63) is 16.4 Å². The number of hydrogen-bond acceptors (Lipinski definition) is 3. The first-order valence-corrected chi connectivity index (χ1v) is 7.62. The van der Waals surface area contributed by atoms with E-state index >= 15 is 0 Å². The summed E-state index contributed by atoms with van der Waals surface area (Å²) in [6, 6.07) is 0.0500. The predicted molar refractivity (Wildman–Crippen MR) is 79.6 cm³/mol. The number of nitrogens with two attached hydrogens (primary N) is 1. The summed E-state index contributed by atoms with van der Waals surface area (Å²) < 4.78 is 3.06. The highest BCUT2D eigenvalue weighted by atomic mass is 79.9. The number of rotatable bonds is 8. The van der Waals surface area contributed by atoms with Crippen LogP contribution >= 0.6 is 15.9 Å². The van der Waals surface area contributed by atoms with Crippen molar-refractivity contribution in [3.63, 3.8) is 0 Å². The van der Waals surface area contributed by atoms with Crippen LogP contribution in [0.4, 0.5) is 0 Å². The molecular formula is C13H25BrN4. The first-order valence-electron chi connectivity index (χ1n) is 6.83. The lowest BCUT2D eigenvalue weighted by atomic mass is 10.1. The van der Waals surface area contributed by atoms with E-state index in [1.807, 2.05) is 10.9 Å². The molecule has 0 radical (unpaired) electrons. The van der Waals surface area contributed by atoms with Crippen molar-refractivity contribution in [1.82, 2.24) is 14.7 Å². The summed E-state index contributed by atoms with van der Waals surface area (Å²) in [6.45, 7) is 10.7. The third-order valence-corrected chi connectivity index (χ3v) is 3.88. The van der Waals surface area contributed by atoms with E-state index in [-0.39, 0.29) is 6.04 Å². The van der Waals surface area contributed by atoms with Gasteiger partial charge in [-0.05, 0) is 48.4 Å². The van der Waals surface area contributed by atoms with Crippen LogP contribution in [0.3, 0.4) is 0 Å². The Morgan fingerprint density at radius 2 is 2.06 bits per heavy atom. The standard InChI is InChI=1S/C13H25BrN4/c1-4-8-18-13(11(14)10-16-18)12(15)7-9-17(5-2)6-3/h10,12H,4-9,15H2,1-3H3. The highest BCUT2D eigenvalue weighted by Crippen LogP contribution is 2.24. The molecule has 0 saturated carbocycles. The average molecular weight is 317 g/mol. The fraction of sp³-hybridized carbons (Fsp3) is 0.769. The van der Waals surface area contributed by atoms with E-state index in [1.165, 1.54) is 0 Å². The summed E-state index contributed by atoms with van der Waals surface area (Å²) in [5, 5.41) is 4.37. The van der Waals surface area contributed by atoms with Gasteiger partial charge in [-0.3, -0.25) is 4.68 Å². The molecule has 5 heteroatoms. The SMILES string of the molecule is CCCn1ncc(Br)c1C(N)CCN(CC)CC. The van der Waals surface area contributed by atoms with E-state index in [1.54, 1.807) is 0 Å². The number of aryl methyl sites for hydroxylation is 1. The molecule has 0 aliphatic heterocycles. The van der Waals surface area contributed by atoms with Crippen LogP contribution in [0.15, 0.2) is 10.7 Å². The largest absolute Gasteiger partial charge is 0.323 e. The average Bonchev–Trinajstić information content (AvgIpc) is 2.72. The maximum atomic E-state index is 6.31. The molecule has 0 aliphatic carbocycles. The Morgan fingerprint density at radius 3 is 2.61 bits per heavy atom. The number of nitrogens with zero attached hydrogens (tertiary/aromatic N) is 3. The fourth-order valence-electron chi connectivity index (χ4n) is 2.13. The normalized spacial score (nSPS) is 13.2. The third kappa shape index (κ3) is 4.07. The molecule has 104 valence electrons. The Morgan fingerprint density at radius 1 is 1.39 bits per heavy atom. The summed E-state index contributed by atoms with van der Waals surface area (Å²) in [5.74, 6) is 0. The summed E-state index contributed by atoms with van der Waals surface area (Å²) in [5.41, 5.74) is 7.44. The first kappa shape index (κ1) is 15.7. The zero-order chi connectivity index (χ0) is 13.5. The van der Waals surface area contributed by atoms with Gasteiger partial charge in [0.1, 0.15) is 0 Å². The van der Waals surface area contributed by atoms with Gasteiger partial charge in [-0.1, -0.05) is 20.8 Å². The predicted octanol–water partition coefficient (Wildman–Crippen LogP) is 2.79. The minimum Gasteiger partial charge on any atom is -0.323 e. The van der Waals surface area contributed by atoms with Crippen LogP contribution in [0.1, 0.15) is 45.3 Å². The van der Waals surface area contributed by atoms with E-state index in [4.69, 9.17) is 5.73 Å². The molecule has 1 heterocycles. The molecule has 1 aromatic heterocycles. The van der Waals surface area contributed by atoms with Gasteiger partial charge in [-0.15, -0.1) is 0 Å². The topological polar surface area (TPSA) is 47.1 Å². The van der Waals surface area contributed by atoms with Crippen molar-refractivity contribution < 1.29 is 0 Å². The Kier molecular flexibility index (Phi) is 6.89. The van der Waals surface area contributed by atoms with Crippen molar-refractivity contribution in [2.24, 2.45) is 5.73 Å². The van der Waals surface area contributed by atoms with Crippen molar-refractivity contribution in [1.29, 1.82) is 0 Å². The fourth-order valence-corrected chi connectivity index (χ4v) is 2.72. The molecular weight excluding hydrogens is 292 g/mol. The van der Waals surface area contributed by atoms with Crippen LogP contribution in [-0.2, 0) is 6.54 Å². The van der Waals surface area contributed by atoms with E-state index in [0.29, 0.717) is 0 Å². The molecule has 0 amide bonds. The number of halogens is 1. The lowest BCUT2D eigenvalue weighted by Gasteiger charge is -2.21. The van der Waals surface area contributed by atoms with E-state index in [2.05, 4.69) is 46.7 Å². The van der Waals surface area contributed by atoms with Gasteiger partial charge in [0, 0.05) is 12.6 Å². The first-order chi connectivity index (χ1) is 8.63. The van der Waals surface area contributed by atoms with E-state index < -0.39 is 0 Å². The van der Waals surface area contributed by atoms with Crippen LogP contribution in [0.2, 0.25) is 0 Å². The number of hydrogen-bond donors (Lipinski definition) is 1. The summed E-state index contributed by atoms with van der Waals surface area (Å²) in [6.07, 6.45) is 3.89. The van der Waals surface area contributed by atoms with Gasteiger partial charge in [0.2, 0.25) is 0 Å². The van der Waals surface area contributed by atoms with Gasteiger partial charge in [-0.2, -0.15) is 5.10 Å². The summed E-state index contributed by atoms with van der Waals surface area (Å²) >= 11 is 3.55. The van der Waals surface area contributed by atoms with Gasteiger partial charge in [0.15, 0.2) is 0 Å². The molecule has 4 nitrogen and oxygen atoms in total. The van der Waals surface area contributed by atoms with Gasteiger partial charge < -0.3 is 10.6 Å². The molecule has 0 saturated heterocycles. The molecule has 1 rings (SSSR count). The van der Waals surface area contributed by atoms with E-state index in [0.717, 1.165) is 49.2 Å². The zero-order valence-electron chi connectivity index (χ0n) is 11.7. The Bertz CT molecular complexity index is 347. The van der Waals surface area contributed by atoms with Crippen molar-refractivity contribution in [3.8, 4) is 0 Å². The Balaban J connectivity index is 2.65. The summed E-state index contributed by atoms with van der Waals surface area (Å²) in [4.78, 5) is 2.40. The van der Waals surface area contributed by atoms with Crippen molar-refractivity contribution in [2.45, 2.75) is 46.2 Å². The maximum Gasteiger partial charge on any atom is 0.0693 e. The highest BCUT2D eigenvalue weighted by Gasteiger charge is 2.16. The van der Waals surface area contributed by atoms with Crippen LogP contribution < -0.4 is 5.73 Å². The minimum absolute atomic E-state index is 0.0500. The highest BCUT2D eigenvalue weighted by molar-refractivity contribution is 9.10. The molecule has 1 aromatic rings. The maximum absolute atomic E-state index is 6.31. The molecule has 0 spiro atoms. The molecule has 1 atom stereocenters. The van der Waals surface area contributed by atoms with Crippen LogP contribution in [0.25, 0.3) is 0 Å². The van der Waals surface area contributed by atoms with Crippen LogP contribution in [0, 0.1) is 0 Å². The van der Waals surface area contributed by atoms with Gasteiger partial charge >= 0.3 is 0 Å². The Labute approximate surface area is 119 Å². The molecule has 0 aromatic carbocycles. The molecule has 0 fully saturated rings. The monoisotopic (exact) mass is 316 g/mol. The molecule has 1 unspecified atom stereocenters. The zero-order valence-corrected chi connectivity index (χ0v) is 13.3. The van der Waals surface area contributed by atoms with Gasteiger partial charge in [-0.25, -0.2) is 0 Å². The smallest absolute Gasteiger partial charge is 0.0693 e. The van der Waals surface area contributed by atoms with Gasteiger partial charge in [0.25, 0.3) is 0 Å².